The molecule has 0 saturated carbocycles. The number of benzene rings is 1. The van der Waals surface area contributed by atoms with Crippen molar-refractivity contribution in [3.05, 3.63) is 66.5 Å². The van der Waals surface area contributed by atoms with E-state index in [-0.39, 0.29) is 11.9 Å². The molecule has 29 heavy (non-hydrogen) atoms. The van der Waals surface area contributed by atoms with Gasteiger partial charge >= 0.3 is 0 Å². The van der Waals surface area contributed by atoms with E-state index in [1.165, 1.54) is 0 Å². The number of imidazole rings is 1. The van der Waals surface area contributed by atoms with Gasteiger partial charge in [-0.1, -0.05) is 11.6 Å². The van der Waals surface area contributed by atoms with Gasteiger partial charge in [-0.15, -0.1) is 0 Å². The predicted octanol–water partition coefficient (Wildman–Crippen LogP) is 3.43. The fourth-order valence-electron chi connectivity index (χ4n) is 4.14. The first kappa shape index (κ1) is 17.6. The van der Waals surface area contributed by atoms with Crippen molar-refractivity contribution < 1.29 is 4.79 Å². The summed E-state index contributed by atoms with van der Waals surface area (Å²) in [5.41, 5.74) is 4.26. The summed E-state index contributed by atoms with van der Waals surface area (Å²) in [6.45, 7) is 3.58. The van der Waals surface area contributed by atoms with Crippen LogP contribution in [0.15, 0.2) is 55.4 Å². The van der Waals surface area contributed by atoms with Gasteiger partial charge in [0.25, 0.3) is 5.91 Å². The van der Waals surface area contributed by atoms with Crippen molar-refractivity contribution in [1.82, 2.24) is 29.6 Å². The molecule has 146 valence electrons. The molecule has 1 N–H and O–H groups in total. The summed E-state index contributed by atoms with van der Waals surface area (Å²) in [4.78, 5) is 24.6. The van der Waals surface area contributed by atoms with Crippen molar-refractivity contribution in [2.75, 3.05) is 6.54 Å². The molecule has 1 saturated heterocycles. The molecule has 7 nitrogen and oxygen atoms in total. The van der Waals surface area contributed by atoms with E-state index in [1.54, 1.807) is 18.6 Å². The van der Waals surface area contributed by atoms with Crippen LogP contribution in [0, 0.1) is 6.92 Å². The number of carbonyl (C=O) groups excluding carboxylic acids is 1. The number of carbonyl (C=O) groups is 1. The monoisotopic (exact) mass is 386 g/mol. The zero-order valence-corrected chi connectivity index (χ0v) is 16.2. The molecule has 1 atom stereocenters. The summed E-state index contributed by atoms with van der Waals surface area (Å²) in [7, 11) is 0. The second kappa shape index (κ2) is 7.16. The average molecular weight is 386 g/mol. The van der Waals surface area contributed by atoms with Crippen LogP contribution in [-0.2, 0) is 6.54 Å². The van der Waals surface area contributed by atoms with Gasteiger partial charge in [-0.05, 0) is 38.0 Å². The van der Waals surface area contributed by atoms with Gasteiger partial charge in [-0.3, -0.25) is 9.89 Å². The number of amides is 1. The van der Waals surface area contributed by atoms with Gasteiger partial charge in [0.1, 0.15) is 0 Å². The second-order valence-corrected chi connectivity index (χ2v) is 7.62. The fraction of sp³-hybridized carbons (Fsp3) is 0.273. The smallest absolute Gasteiger partial charge is 0.254 e. The molecule has 1 amide bonds. The Kier molecular flexibility index (Phi) is 4.35. The van der Waals surface area contributed by atoms with E-state index in [0.29, 0.717) is 5.56 Å². The molecule has 7 heteroatoms. The lowest BCUT2D eigenvalue weighted by Gasteiger charge is -2.26. The van der Waals surface area contributed by atoms with Crippen molar-refractivity contribution >= 4 is 16.8 Å². The maximum atomic E-state index is 13.7. The maximum absolute atomic E-state index is 13.7. The van der Waals surface area contributed by atoms with E-state index in [1.807, 2.05) is 47.1 Å². The van der Waals surface area contributed by atoms with Crippen molar-refractivity contribution in [1.29, 1.82) is 0 Å². The van der Waals surface area contributed by atoms with Crippen molar-refractivity contribution in [2.45, 2.75) is 32.4 Å². The highest BCUT2D eigenvalue weighted by atomic mass is 16.2. The van der Waals surface area contributed by atoms with Crippen molar-refractivity contribution in [2.24, 2.45) is 0 Å². The molecule has 1 aliphatic rings. The molecule has 4 heterocycles. The van der Waals surface area contributed by atoms with E-state index in [4.69, 9.17) is 4.98 Å². The largest absolute Gasteiger partial charge is 0.335 e. The van der Waals surface area contributed by atoms with Gasteiger partial charge in [-0.2, -0.15) is 5.10 Å². The highest BCUT2D eigenvalue weighted by Crippen LogP contribution is 2.29. The van der Waals surface area contributed by atoms with Crippen LogP contribution in [0.5, 0.6) is 0 Å². The number of aromatic nitrogens is 5. The molecule has 1 fully saturated rings. The number of nitrogens with one attached hydrogen (secondary N) is 1. The summed E-state index contributed by atoms with van der Waals surface area (Å²) in [6.07, 6.45) is 11.1. The Labute approximate surface area is 168 Å². The number of aryl methyl sites for hydroxylation is 1. The van der Waals surface area contributed by atoms with Gasteiger partial charge in [-0.25, -0.2) is 9.97 Å². The van der Waals surface area contributed by atoms with Crippen LogP contribution in [0.3, 0.4) is 0 Å². The number of hydrogen-bond acceptors (Lipinski definition) is 4. The Morgan fingerprint density at radius 2 is 2.24 bits per heavy atom. The molecule has 5 rings (SSSR count). The van der Waals surface area contributed by atoms with Gasteiger partial charge < -0.3 is 9.47 Å². The molecule has 1 unspecified atom stereocenters. The summed E-state index contributed by atoms with van der Waals surface area (Å²) in [6, 6.07) is 8.14. The highest BCUT2D eigenvalue weighted by molar-refractivity contribution is 6.07. The number of aromatic amines is 1. The van der Waals surface area contributed by atoms with E-state index < -0.39 is 0 Å². The Morgan fingerprint density at radius 1 is 1.31 bits per heavy atom. The van der Waals surface area contributed by atoms with E-state index in [9.17, 15) is 4.79 Å². The lowest BCUT2D eigenvalue weighted by Crippen LogP contribution is -2.38. The molecule has 4 aromatic rings. The van der Waals surface area contributed by atoms with Crippen LogP contribution >= 0.6 is 0 Å². The Hall–Kier alpha value is -3.48. The number of pyridine rings is 1. The predicted molar refractivity (Wildman–Crippen MR) is 110 cm³/mol. The fourth-order valence-corrected chi connectivity index (χ4v) is 4.14. The SMILES string of the molecule is Cc1ccc2nc(-c3cn[nH]c3)cc(C(=O)N3CCCC3Cn3ccnc3)c2c1. The van der Waals surface area contributed by atoms with Crippen LogP contribution in [0.4, 0.5) is 0 Å². The van der Waals surface area contributed by atoms with Crippen LogP contribution in [0.1, 0.15) is 28.8 Å². The maximum Gasteiger partial charge on any atom is 0.254 e. The zero-order valence-electron chi connectivity index (χ0n) is 16.2. The van der Waals surface area contributed by atoms with E-state index >= 15 is 0 Å². The van der Waals surface area contributed by atoms with Crippen LogP contribution in [-0.4, -0.2) is 48.1 Å². The standard InChI is InChI=1S/C22H22N6O/c1-15-4-5-20-18(9-15)19(10-21(26-20)16-11-24-25-12-16)22(29)28-7-2-3-17(28)13-27-8-6-23-14-27/h4-6,8-12,14,17H,2-3,7,13H2,1H3,(H,24,25). The Morgan fingerprint density at radius 3 is 3.03 bits per heavy atom. The molecule has 0 radical (unpaired) electrons. The van der Waals surface area contributed by atoms with Gasteiger partial charge in [0, 0.05) is 48.7 Å². The number of likely N-dealkylation sites (tertiary alicyclic amines) is 1. The first-order valence-electron chi connectivity index (χ1n) is 9.86. The topological polar surface area (TPSA) is 79.7 Å². The molecule has 0 bridgehead atoms. The molecule has 3 aromatic heterocycles. The average Bonchev–Trinajstić information content (AvgIpc) is 3.50. The molecular formula is C22H22N6O. The number of fused-ring (bicyclic) bond motifs is 1. The summed E-state index contributed by atoms with van der Waals surface area (Å²) < 4.78 is 2.04. The van der Waals surface area contributed by atoms with Crippen LogP contribution in [0.25, 0.3) is 22.2 Å². The van der Waals surface area contributed by atoms with Gasteiger partial charge in [0.05, 0.1) is 29.3 Å². The second-order valence-electron chi connectivity index (χ2n) is 7.62. The minimum atomic E-state index is 0.0651. The van der Waals surface area contributed by atoms with E-state index in [2.05, 4.69) is 21.2 Å². The molecule has 1 aromatic carbocycles. The van der Waals surface area contributed by atoms with Gasteiger partial charge in [0.15, 0.2) is 0 Å². The normalized spacial score (nSPS) is 16.6. The molecule has 0 spiro atoms. The number of nitrogens with zero attached hydrogens (tertiary/aromatic N) is 5. The Balaban J connectivity index is 1.57. The third-order valence-corrected chi connectivity index (χ3v) is 5.61. The third-order valence-electron chi connectivity index (χ3n) is 5.61. The zero-order chi connectivity index (χ0) is 19.8. The van der Waals surface area contributed by atoms with Crippen LogP contribution in [0.2, 0.25) is 0 Å². The van der Waals surface area contributed by atoms with Crippen molar-refractivity contribution in [3.63, 3.8) is 0 Å². The number of H-pyrrole nitrogens is 1. The van der Waals surface area contributed by atoms with E-state index in [0.717, 1.165) is 53.7 Å². The highest BCUT2D eigenvalue weighted by Gasteiger charge is 2.31. The molecule has 1 aliphatic heterocycles. The van der Waals surface area contributed by atoms with Crippen LogP contribution < -0.4 is 0 Å². The third kappa shape index (κ3) is 3.29. The molecule has 0 aliphatic carbocycles. The summed E-state index contributed by atoms with van der Waals surface area (Å²) in [5, 5.41) is 7.76. The minimum Gasteiger partial charge on any atom is -0.335 e. The number of hydrogen-bond donors (Lipinski definition) is 1. The minimum absolute atomic E-state index is 0.0651. The number of rotatable bonds is 4. The van der Waals surface area contributed by atoms with Gasteiger partial charge in [0.2, 0.25) is 0 Å². The lowest BCUT2D eigenvalue weighted by atomic mass is 10.0. The molecular weight excluding hydrogens is 364 g/mol. The lowest BCUT2D eigenvalue weighted by molar-refractivity contribution is 0.0726. The summed E-state index contributed by atoms with van der Waals surface area (Å²) in [5.74, 6) is 0.0651. The first-order valence-corrected chi connectivity index (χ1v) is 9.86. The first-order chi connectivity index (χ1) is 14.2. The quantitative estimate of drug-likeness (QED) is 0.583. The Bertz CT molecular complexity index is 1150. The summed E-state index contributed by atoms with van der Waals surface area (Å²) >= 11 is 0. The van der Waals surface area contributed by atoms with Crippen molar-refractivity contribution in [3.8, 4) is 11.3 Å².